The van der Waals surface area contributed by atoms with Crippen LogP contribution < -0.4 is 4.74 Å². The molecule has 2 unspecified atom stereocenters. The number of allylic oxidation sites excluding steroid dienone is 2. The number of fused-ring (bicyclic) bond motifs is 13. The minimum absolute atomic E-state index is 0.0545. The van der Waals surface area contributed by atoms with Gasteiger partial charge in [0.1, 0.15) is 11.9 Å². The number of hydrogen-bond acceptors (Lipinski definition) is 3. The fraction of sp³-hybridized carbons (Fsp3) is 0.0566. The molecule has 2 heterocycles. The third-order valence-corrected chi connectivity index (χ3v) is 12.3. The van der Waals surface area contributed by atoms with E-state index in [1.165, 1.54) is 50.1 Å². The maximum atomic E-state index is 7.19. The van der Waals surface area contributed by atoms with E-state index in [-0.39, 0.29) is 12.0 Å². The molecule has 1 aliphatic heterocycles. The van der Waals surface area contributed by atoms with E-state index in [1.807, 2.05) is 24.3 Å². The molecule has 12 rings (SSSR count). The van der Waals surface area contributed by atoms with Gasteiger partial charge in [0.2, 0.25) is 0 Å². The molecule has 3 aliphatic carbocycles. The van der Waals surface area contributed by atoms with Gasteiger partial charge in [0.15, 0.2) is 5.82 Å². The number of rotatable bonds is 4. The molecule has 0 amide bonds. The van der Waals surface area contributed by atoms with Crippen LogP contribution in [0.1, 0.15) is 39.4 Å². The number of hydrogen-bond donors (Lipinski definition) is 0. The first-order chi connectivity index (χ1) is 27.8. The van der Waals surface area contributed by atoms with Gasteiger partial charge in [0, 0.05) is 33.7 Å². The predicted octanol–water partition coefficient (Wildman–Crippen LogP) is 12.3. The van der Waals surface area contributed by atoms with E-state index in [2.05, 4.69) is 170 Å². The summed E-state index contributed by atoms with van der Waals surface area (Å²) in [6, 6.07) is 63.4. The molecule has 0 N–H and O–H groups in total. The van der Waals surface area contributed by atoms with Crippen molar-refractivity contribution in [2.45, 2.75) is 17.4 Å². The van der Waals surface area contributed by atoms with Crippen LogP contribution in [0.2, 0.25) is 0 Å². The van der Waals surface area contributed by atoms with Crippen LogP contribution in [0.25, 0.3) is 61.6 Å². The first-order valence-electron chi connectivity index (χ1n) is 19.4. The van der Waals surface area contributed by atoms with E-state index in [9.17, 15) is 0 Å². The summed E-state index contributed by atoms with van der Waals surface area (Å²) in [6.45, 7) is 0. The minimum atomic E-state index is -0.402. The van der Waals surface area contributed by atoms with Gasteiger partial charge in [-0.25, -0.2) is 9.97 Å². The largest absolute Gasteiger partial charge is 0.484 e. The molecule has 1 aromatic heterocycles. The highest BCUT2D eigenvalue weighted by Gasteiger charge is 2.51. The van der Waals surface area contributed by atoms with Crippen LogP contribution in [0, 0.1) is 0 Å². The third kappa shape index (κ3) is 4.34. The predicted molar refractivity (Wildman–Crippen MR) is 225 cm³/mol. The van der Waals surface area contributed by atoms with E-state index >= 15 is 0 Å². The summed E-state index contributed by atoms with van der Waals surface area (Å²) in [7, 11) is 0. The second-order valence-corrected chi connectivity index (χ2v) is 15.1. The summed E-state index contributed by atoms with van der Waals surface area (Å²) in [5, 5.41) is 0. The smallest absolute Gasteiger partial charge is 0.160 e. The first kappa shape index (κ1) is 31.3. The lowest BCUT2D eigenvalue weighted by atomic mass is 9.70. The van der Waals surface area contributed by atoms with Crippen LogP contribution >= 0.6 is 0 Å². The Labute approximate surface area is 326 Å². The van der Waals surface area contributed by atoms with Crippen LogP contribution in [0.5, 0.6) is 5.75 Å². The summed E-state index contributed by atoms with van der Waals surface area (Å²) in [5.41, 5.74) is 18.5. The zero-order valence-corrected chi connectivity index (χ0v) is 30.4. The van der Waals surface area contributed by atoms with Crippen molar-refractivity contribution in [2.24, 2.45) is 0 Å². The van der Waals surface area contributed by atoms with E-state index < -0.39 is 5.41 Å². The molecule has 0 bridgehead atoms. The van der Waals surface area contributed by atoms with E-state index in [1.54, 1.807) is 0 Å². The van der Waals surface area contributed by atoms with Gasteiger partial charge in [0.05, 0.1) is 16.8 Å². The number of benzene rings is 7. The molecular weight excluding hydrogens is 681 g/mol. The fourth-order valence-electron chi connectivity index (χ4n) is 9.94. The lowest BCUT2D eigenvalue weighted by Crippen LogP contribution is -2.25. The van der Waals surface area contributed by atoms with E-state index in [0.717, 1.165) is 45.0 Å². The lowest BCUT2D eigenvalue weighted by molar-refractivity contribution is 0.279. The normalized spacial score (nSPS) is 17.2. The molecule has 262 valence electrons. The standard InChI is InChI=1S/C53H34N2O/c1-3-15-33(16-4-1)48-32-49(55-52(54-48)34-17-5-2-6-18-34)43-25-14-24-42-41-23-13-22-36(50(41)56-51(42)43)35-29-30-40-39-21-9-12-28-46(39)53(47(40)31-35)44-26-10-7-19-37(44)38-20-8-11-27-45(38)53/h1-32,42,51H. The van der Waals surface area contributed by atoms with Crippen LogP contribution in [0.3, 0.4) is 0 Å². The maximum absolute atomic E-state index is 7.19. The van der Waals surface area contributed by atoms with Gasteiger partial charge < -0.3 is 4.74 Å². The average molecular weight is 715 g/mol. The molecule has 8 aromatic rings. The molecule has 56 heavy (non-hydrogen) atoms. The number of aromatic nitrogens is 2. The van der Waals surface area contributed by atoms with Gasteiger partial charge in [-0.05, 0) is 62.2 Å². The van der Waals surface area contributed by atoms with Crippen LogP contribution in [-0.4, -0.2) is 16.1 Å². The molecule has 2 atom stereocenters. The zero-order chi connectivity index (χ0) is 36.8. The summed E-state index contributed by atoms with van der Waals surface area (Å²) in [4.78, 5) is 10.3. The summed E-state index contributed by atoms with van der Waals surface area (Å²) < 4.78 is 7.19. The average Bonchev–Trinajstić information content (AvgIpc) is 3.91. The fourth-order valence-corrected chi connectivity index (χ4v) is 9.94. The first-order valence-corrected chi connectivity index (χ1v) is 19.4. The Morgan fingerprint density at radius 2 is 1.02 bits per heavy atom. The Kier molecular flexibility index (Phi) is 6.67. The molecule has 3 heteroatoms. The van der Waals surface area contributed by atoms with Gasteiger partial charge in [-0.2, -0.15) is 0 Å². The van der Waals surface area contributed by atoms with Crippen molar-refractivity contribution in [3.8, 4) is 61.8 Å². The van der Waals surface area contributed by atoms with Crippen molar-refractivity contribution in [1.29, 1.82) is 0 Å². The van der Waals surface area contributed by atoms with Crippen LogP contribution in [0.4, 0.5) is 0 Å². The van der Waals surface area contributed by atoms with Gasteiger partial charge in [-0.1, -0.05) is 182 Å². The van der Waals surface area contributed by atoms with Crippen molar-refractivity contribution >= 4 is 5.57 Å². The number of ether oxygens (including phenoxy) is 1. The molecule has 1 spiro atoms. The topological polar surface area (TPSA) is 35.0 Å². The number of para-hydroxylation sites is 1. The highest BCUT2D eigenvalue weighted by molar-refractivity contribution is 5.96. The molecule has 3 nitrogen and oxygen atoms in total. The van der Waals surface area contributed by atoms with Crippen molar-refractivity contribution in [3.05, 3.63) is 228 Å². The van der Waals surface area contributed by atoms with E-state index in [0.29, 0.717) is 5.82 Å². The minimum Gasteiger partial charge on any atom is -0.484 e. The Balaban J connectivity index is 0.991. The second-order valence-electron chi connectivity index (χ2n) is 15.1. The van der Waals surface area contributed by atoms with Crippen LogP contribution in [-0.2, 0) is 5.41 Å². The molecule has 0 radical (unpaired) electrons. The number of nitrogens with zero attached hydrogens (tertiary/aromatic N) is 2. The molecule has 4 aliphatic rings. The summed E-state index contributed by atoms with van der Waals surface area (Å²) in [5.74, 6) is 1.70. The SMILES string of the molecule is C1=CC2c3cccc(-c4ccc5c(c4)C4(c6ccccc6-c6ccccc64)c4ccccc4-5)c3OC2C(c2cc(-c3ccccc3)nc(-c3ccccc3)n2)=C1. The molecular formula is C53H34N2O. The van der Waals surface area contributed by atoms with Crippen LogP contribution in [0.15, 0.2) is 194 Å². The van der Waals surface area contributed by atoms with Gasteiger partial charge in [-0.15, -0.1) is 0 Å². The quantitative estimate of drug-likeness (QED) is 0.182. The summed E-state index contributed by atoms with van der Waals surface area (Å²) in [6.07, 6.45) is 6.39. The Morgan fingerprint density at radius 1 is 0.446 bits per heavy atom. The molecule has 0 saturated heterocycles. The summed E-state index contributed by atoms with van der Waals surface area (Å²) >= 11 is 0. The van der Waals surface area contributed by atoms with Crippen molar-refractivity contribution < 1.29 is 4.74 Å². The maximum Gasteiger partial charge on any atom is 0.160 e. The zero-order valence-electron chi connectivity index (χ0n) is 30.4. The van der Waals surface area contributed by atoms with Crippen molar-refractivity contribution in [2.75, 3.05) is 0 Å². The van der Waals surface area contributed by atoms with Gasteiger partial charge in [-0.3, -0.25) is 0 Å². The second kappa shape index (κ2) is 11.9. The highest BCUT2D eigenvalue weighted by atomic mass is 16.5. The van der Waals surface area contributed by atoms with Crippen molar-refractivity contribution in [3.63, 3.8) is 0 Å². The monoisotopic (exact) mass is 714 g/mol. The van der Waals surface area contributed by atoms with Crippen molar-refractivity contribution in [1.82, 2.24) is 9.97 Å². The lowest BCUT2D eigenvalue weighted by Gasteiger charge is -2.30. The van der Waals surface area contributed by atoms with E-state index in [4.69, 9.17) is 14.7 Å². The third-order valence-electron chi connectivity index (χ3n) is 12.3. The Hall–Kier alpha value is -7.10. The molecule has 0 saturated carbocycles. The Morgan fingerprint density at radius 3 is 1.70 bits per heavy atom. The molecule has 0 fully saturated rings. The Bertz CT molecular complexity index is 2840. The highest BCUT2D eigenvalue weighted by Crippen LogP contribution is 2.63. The van der Waals surface area contributed by atoms with Gasteiger partial charge >= 0.3 is 0 Å². The van der Waals surface area contributed by atoms with Gasteiger partial charge in [0.25, 0.3) is 0 Å². The molecule has 7 aromatic carbocycles.